The molecule has 0 nitrogen and oxygen atoms in total. The Kier molecular flexibility index (Phi) is 8.83. The molecular formula is C17H33. The molecule has 2 unspecified atom stereocenters. The summed E-state index contributed by atoms with van der Waals surface area (Å²) in [5.74, 6) is 1.73. The van der Waals surface area contributed by atoms with E-state index in [9.17, 15) is 0 Å². The van der Waals surface area contributed by atoms with E-state index in [-0.39, 0.29) is 0 Å². The Morgan fingerprint density at radius 2 is 1.41 bits per heavy atom. The summed E-state index contributed by atoms with van der Waals surface area (Å²) in [5, 5.41) is 0. The molecule has 0 heterocycles. The molecule has 0 N–H and O–H groups in total. The molecule has 0 spiro atoms. The van der Waals surface area contributed by atoms with Crippen LogP contribution < -0.4 is 0 Å². The number of hydrogen-bond acceptors (Lipinski definition) is 0. The van der Waals surface area contributed by atoms with Gasteiger partial charge in [0, 0.05) is 0 Å². The van der Waals surface area contributed by atoms with Gasteiger partial charge in [-0.15, -0.1) is 0 Å². The van der Waals surface area contributed by atoms with Crippen LogP contribution in [0, 0.1) is 18.8 Å². The number of rotatable bonds is 9. The SMILES string of the molecule is [CH2]C1CCCCC1CCCCCCCCCC. The van der Waals surface area contributed by atoms with Crippen LogP contribution in [0.1, 0.15) is 90.4 Å². The van der Waals surface area contributed by atoms with Crippen molar-refractivity contribution in [1.29, 1.82) is 0 Å². The van der Waals surface area contributed by atoms with Crippen LogP contribution in [0.2, 0.25) is 0 Å². The molecule has 0 aromatic rings. The molecule has 101 valence electrons. The van der Waals surface area contributed by atoms with Crippen molar-refractivity contribution in [3.8, 4) is 0 Å². The van der Waals surface area contributed by atoms with Crippen LogP contribution in [0.3, 0.4) is 0 Å². The molecule has 1 aliphatic rings. The van der Waals surface area contributed by atoms with Crippen LogP contribution in [0.25, 0.3) is 0 Å². The van der Waals surface area contributed by atoms with Crippen LogP contribution in [-0.2, 0) is 0 Å². The van der Waals surface area contributed by atoms with E-state index in [1.807, 2.05) is 0 Å². The largest absolute Gasteiger partial charge is 0.0654 e. The third-order valence-electron chi connectivity index (χ3n) is 4.49. The van der Waals surface area contributed by atoms with Crippen LogP contribution in [0.5, 0.6) is 0 Å². The molecule has 1 fully saturated rings. The molecule has 0 aliphatic heterocycles. The zero-order chi connectivity index (χ0) is 12.3. The summed E-state index contributed by atoms with van der Waals surface area (Å²) >= 11 is 0. The van der Waals surface area contributed by atoms with Crippen molar-refractivity contribution in [2.24, 2.45) is 11.8 Å². The Morgan fingerprint density at radius 3 is 2.06 bits per heavy atom. The smallest absolute Gasteiger partial charge is 0.0386 e. The fourth-order valence-corrected chi connectivity index (χ4v) is 3.20. The third-order valence-corrected chi connectivity index (χ3v) is 4.49. The summed E-state index contributed by atoms with van der Waals surface area (Å²) in [5.41, 5.74) is 0. The van der Waals surface area contributed by atoms with E-state index >= 15 is 0 Å². The molecule has 1 radical (unpaired) electrons. The van der Waals surface area contributed by atoms with E-state index in [0.717, 1.165) is 11.8 Å². The van der Waals surface area contributed by atoms with Gasteiger partial charge in [-0.1, -0.05) is 90.4 Å². The molecule has 0 amide bonds. The van der Waals surface area contributed by atoms with Crippen molar-refractivity contribution in [3.63, 3.8) is 0 Å². The molecule has 0 aromatic heterocycles. The molecule has 0 bridgehead atoms. The molecule has 2 atom stereocenters. The maximum Gasteiger partial charge on any atom is -0.0386 e. The van der Waals surface area contributed by atoms with Gasteiger partial charge in [0.15, 0.2) is 0 Å². The average molecular weight is 237 g/mol. The lowest BCUT2D eigenvalue weighted by Crippen LogP contribution is -2.16. The van der Waals surface area contributed by atoms with E-state index in [1.165, 1.54) is 83.5 Å². The van der Waals surface area contributed by atoms with E-state index in [2.05, 4.69) is 13.8 Å². The second kappa shape index (κ2) is 9.97. The summed E-state index contributed by atoms with van der Waals surface area (Å²) in [6.07, 6.45) is 18.8. The second-order valence-electron chi connectivity index (χ2n) is 6.07. The van der Waals surface area contributed by atoms with Gasteiger partial charge in [-0.2, -0.15) is 0 Å². The van der Waals surface area contributed by atoms with Crippen molar-refractivity contribution < 1.29 is 0 Å². The van der Waals surface area contributed by atoms with Crippen LogP contribution in [0.4, 0.5) is 0 Å². The van der Waals surface area contributed by atoms with Crippen molar-refractivity contribution in [2.75, 3.05) is 0 Å². The maximum atomic E-state index is 4.33. The number of hydrogen-bond donors (Lipinski definition) is 0. The summed E-state index contributed by atoms with van der Waals surface area (Å²) < 4.78 is 0. The molecule has 0 saturated heterocycles. The number of unbranched alkanes of at least 4 members (excludes halogenated alkanes) is 7. The summed E-state index contributed by atoms with van der Waals surface area (Å²) in [6, 6.07) is 0. The van der Waals surface area contributed by atoms with Crippen molar-refractivity contribution in [2.45, 2.75) is 90.4 Å². The molecule has 17 heavy (non-hydrogen) atoms. The van der Waals surface area contributed by atoms with Gasteiger partial charge in [0.05, 0.1) is 0 Å². The lowest BCUT2D eigenvalue weighted by atomic mass is 9.78. The average Bonchev–Trinajstić information content (AvgIpc) is 2.35. The van der Waals surface area contributed by atoms with Crippen molar-refractivity contribution in [3.05, 3.63) is 6.92 Å². The lowest BCUT2D eigenvalue weighted by molar-refractivity contribution is 0.259. The van der Waals surface area contributed by atoms with Crippen LogP contribution in [-0.4, -0.2) is 0 Å². The normalized spacial score (nSPS) is 25.1. The molecule has 1 aliphatic carbocycles. The summed E-state index contributed by atoms with van der Waals surface area (Å²) in [4.78, 5) is 0. The Hall–Kier alpha value is 0. The van der Waals surface area contributed by atoms with Gasteiger partial charge in [0.25, 0.3) is 0 Å². The van der Waals surface area contributed by atoms with Gasteiger partial charge in [-0.3, -0.25) is 0 Å². The Balaban J connectivity index is 1.86. The second-order valence-corrected chi connectivity index (χ2v) is 6.07. The van der Waals surface area contributed by atoms with E-state index in [0.29, 0.717) is 0 Å². The van der Waals surface area contributed by atoms with Gasteiger partial charge in [-0.05, 0) is 18.8 Å². The van der Waals surface area contributed by atoms with Gasteiger partial charge in [0.1, 0.15) is 0 Å². The zero-order valence-electron chi connectivity index (χ0n) is 12.1. The van der Waals surface area contributed by atoms with Gasteiger partial charge < -0.3 is 0 Å². The van der Waals surface area contributed by atoms with Gasteiger partial charge in [0.2, 0.25) is 0 Å². The minimum Gasteiger partial charge on any atom is -0.0654 e. The molecule has 1 saturated carbocycles. The van der Waals surface area contributed by atoms with Gasteiger partial charge >= 0.3 is 0 Å². The first kappa shape index (κ1) is 15.1. The highest BCUT2D eigenvalue weighted by Gasteiger charge is 2.20. The third kappa shape index (κ3) is 7.11. The van der Waals surface area contributed by atoms with Crippen LogP contribution >= 0.6 is 0 Å². The maximum absolute atomic E-state index is 4.33. The Morgan fingerprint density at radius 1 is 0.824 bits per heavy atom. The first-order chi connectivity index (χ1) is 8.34. The van der Waals surface area contributed by atoms with E-state index in [4.69, 9.17) is 0 Å². The highest BCUT2D eigenvalue weighted by atomic mass is 14.3. The Bertz CT molecular complexity index is 161. The highest BCUT2D eigenvalue weighted by molar-refractivity contribution is 4.76. The molecule has 1 rings (SSSR count). The lowest BCUT2D eigenvalue weighted by Gasteiger charge is -2.28. The summed E-state index contributed by atoms with van der Waals surface area (Å²) in [7, 11) is 0. The highest BCUT2D eigenvalue weighted by Crippen LogP contribution is 2.32. The predicted octanol–water partition coefficient (Wildman–Crippen LogP) is 6.16. The standard InChI is InChI=1S/C17H33/c1-3-4-5-6-7-8-9-10-14-17-15-12-11-13-16(17)2/h16-17H,2-15H2,1H3. The monoisotopic (exact) mass is 237 g/mol. The Labute approximate surface area is 110 Å². The summed E-state index contributed by atoms with van der Waals surface area (Å²) in [6.45, 7) is 6.62. The zero-order valence-corrected chi connectivity index (χ0v) is 12.1. The minimum absolute atomic E-state index is 0.772. The van der Waals surface area contributed by atoms with Crippen molar-refractivity contribution >= 4 is 0 Å². The van der Waals surface area contributed by atoms with Crippen molar-refractivity contribution in [1.82, 2.24) is 0 Å². The quantitative estimate of drug-likeness (QED) is 0.421. The molecule has 0 heteroatoms. The van der Waals surface area contributed by atoms with E-state index < -0.39 is 0 Å². The topological polar surface area (TPSA) is 0 Å². The fourth-order valence-electron chi connectivity index (χ4n) is 3.20. The first-order valence-electron chi connectivity index (χ1n) is 8.17. The van der Waals surface area contributed by atoms with Gasteiger partial charge in [-0.25, -0.2) is 0 Å². The predicted molar refractivity (Wildman–Crippen MR) is 78.0 cm³/mol. The molecular weight excluding hydrogens is 204 g/mol. The molecule has 0 aromatic carbocycles. The first-order valence-corrected chi connectivity index (χ1v) is 8.17. The van der Waals surface area contributed by atoms with Crippen LogP contribution in [0.15, 0.2) is 0 Å². The minimum atomic E-state index is 0.772. The fraction of sp³-hybridized carbons (Fsp3) is 0.941. The van der Waals surface area contributed by atoms with E-state index in [1.54, 1.807) is 0 Å².